The van der Waals surface area contributed by atoms with E-state index in [2.05, 4.69) is 86.9 Å². The largest absolute Gasteiger partial charge is 0.480 e. The minimum absolute atomic E-state index is 0.0305. The number of nitrogens with zero attached hydrogens (tertiary/aromatic N) is 8. The Morgan fingerprint density at radius 3 is 1.50 bits per heavy atom. The smallest absolute Gasteiger partial charge is 0.416 e. The second kappa shape index (κ2) is 38.9. The Kier molecular flexibility index (Phi) is 28.3. The summed E-state index contributed by atoms with van der Waals surface area (Å²) < 4.78 is 143. The van der Waals surface area contributed by atoms with Crippen LogP contribution in [0.2, 0.25) is 0 Å². The van der Waals surface area contributed by atoms with Crippen LogP contribution in [0.15, 0.2) is 177 Å². The van der Waals surface area contributed by atoms with Crippen LogP contribution in [0.25, 0.3) is 10.8 Å². The van der Waals surface area contributed by atoms with Crippen LogP contribution in [-0.4, -0.2) is 175 Å². The van der Waals surface area contributed by atoms with Crippen molar-refractivity contribution in [3.63, 3.8) is 0 Å². The summed E-state index contributed by atoms with van der Waals surface area (Å²) in [6.07, 6.45) is -5.06. The van der Waals surface area contributed by atoms with Gasteiger partial charge in [0.1, 0.15) is 0 Å². The Morgan fingerprint density at radius 1 is 0.488 bits per heavy atom. The normalized spacial score (nSPS) is 14.9. The number of alkyl halides is 9. The van der Waals surface area contributed by atoms with Crippen molar-refractivity contribution >= 4 is 70.1 Å². The number of benzene rings is 7. The molecule has 3 fully saturated rings. The molecule has 121 heavy (non-hydrogen) atoms. The molecule has 0 atom stereocenters. The standard InChI is InChI=1S/C32H33F3N5O4P.C32H30F3N5O.C27H25F3N4O/c1-21-4-6-24(15-23(21)7-5-22-14-28-30(36-17-22)38-29(41)19-44-28)31(42)37-26-9-8-25(27(16-26)32(33,34)35)18-39-10-12-40(13-11-39)20-45(2,3)43;1-21-6-11-26(16-22(21)7-9-24-18-37-19-28-27(24)4-3-5-30(28)36)38-31(41)23-8-10-25(29(17-23)32(33,34)35)20-40-14-12-39(2)13-15-40;1-19-4-6-22(15-21(19)7-5-20-3-2-10-32-17-20)26(35)33-24-9-8-23(25(16-24)27(28,29)30)18-34-13-11-31-12-14-34/h4,6,8-9,14-17H,10-13,18-20H2,1-3H3,(H,37,42)(H,36,38,41);3-6,8,10-11,16-19H,12-15,20,36H2,1-2H3,(H,38,41);2-4,6,8-10,15-17,31H,11-14,18H2,1H3,(H,33,35). The second-order valence-corrected chi connectivity index (χ2v) is 33.7. The fourth-order valence-electron chi connectivity index (χ4n) is 13.8. The molecule has 7 heterocycles. The number of halogens is 9. The van der Waals surface area contributed by atoms with Gasteiger partial charge in [-0.1, -0.05) is 84.1 Å². The number of anilines is 5. The van der Waals surface area contributed by atoms with E-state index in [1.807, 2.05) is 60.7 Å². The van der Waals surface area contributed by atoms with Crippen molar-refractivity contribution < 1.29 is 68.0 Å². The van der Waals surface area contributed by atoms with Crippen molar-refractivity contribution in [2.24, 2.45) is 0 Å². The zero-order chi connectivity index (χ0) is 86.3. The van der Waals surface area contributed by atoms with Crippen LogP contribution in [0.4, 0.5) is 68.1 Å². The molecule has 4 amide bonds. The summed E-state index contributed by atoms with van der Waals surface area (Å²) in [6, 6.07) is 37.6. The molecule has 0 spiro atoms. The van der Waals surface area contributed by atoms with Crippen LogP contribution >= 0.6 is 7.14 Å². The first-order chi connectivity index (χ1) is 57.6. The van der Waals surface area contributed by atoms with Crippen LogP contribution in [0.3, 0.4) is 0 Å². The molecule has 20 nitrogen and oxygen atoms in total. The molecule has 7 N–H and O–H groups in total. The van der Waals surface area contributed by atoms with Crippen LogP contribution in [0.5, 0.6) is 5.75 Å². The zero-order valence-electron chi connectivity index (χ0n) is 67.2. The maximum absolute atomic E-state index is 14.1. The van der Waals surface area contributed by atoms with Crippen molar-refractivity contribution in [1.29, 1.82) is 0 Å². The summed E-state index contributed by atoms with van der Waals surface area (Å²) in [5, 5.41) is 15.4. The van der Waals surface area contributed by atoms with Gasteiger partial charge in [0.2, 0.25) is 0 Å². The van der Waals surface area contributed by atoms with Crippen molar-refractivity contribution in [1.82, 2.24) is 44.8 Å². The van der Waals surface area contributed by atoms with Gasteiger partial charge in [-0.05, 0) is 166 Å². The van der Waals surface area contributed by atoms with Gasteiger partial charge < -0.3 is 46.5 Å². The maximum atomic E-state index is 14.1. The number of piperazine rings is 3. The molecule has 10 aromatic rings. The topological polar surface area (TPSA) is 236 Å². The Labute approximate surface area is 695 Å². The van der Waals surface area contributed by atoms with E-state index < -0.39 is 60.1 Å². The van der Waals surface area contributed by atoms with E-state index in [-0.39, 0.29) is 71.3 Å². The first-order valence-electron chi connectivity index (χ1n) is 38.8. The van der Waals surface area contributed by atoms with Gasteiger partial charge in [-0.2, -0.15) is 39.5 Å². The monoisotopic (exact) mass is 1670 g/mol. The summed E-state index contributed by atoms with van der Waals surface area (Å²) in [6.45, 7) is 17.8. The molecule has 0 saturated carbocycles. The summed E-state index contributed by atoms with van der Waals surface area (Å²) in [5.74, 6) is 17.0. The van der Waals surface area contributed by atoms with Crippen LogP contribution in [0.1, 0.15) is 115 Å². The fraction of sp³-hybridized carbons (Fsp3) is 0.286. The minimum atomic E-state index is -4.61. The lowest BCUT2D eigenvalue weighted by atomic mass is 10.0. The maximum Gasteiger partial charge on any atom is 0.416 e. The Morgan fingerprint density at radius 2 is 0.950 bits per heavy atom. The number of pyridine rings is 3. The number of nitrogens with two attached hydrogens (primary N) is 1. The lowest BCUT2D eigenvalue weighted by Gasteiger charge is -2.35. The molecular formula is C91H88F9N14O6P. The quantitative estimate of drug-likeness (QED) is 0.0257. The lowest BCUT2D eigenvalue weighted by molar-refractivity contribution is -0.139. The number of aryl methyl sites for hydroxylation is 3. The van der Waals surface area contributed by atoms with Crippen molar-refractivity contribution in [2.75, 3.05) is 139 Å². The second-order valence-electron chi connectivity index (χ2n) is 30.3. The van der Waals surface area contributed by atoms with E-state index in [9.17, 15) is 63.3 Å². The highest BCUT2D eigenvalue weighted by molar-refractivity contribution is 7.62. The minimum Gasteiger partial charge on any atom is -0.480 e. The predicted molar refractivity (Wildman–Crippen MR) is 451 cm³/mol. The van der Waals surface area contributed by atoms with Crippen LogP contribution in [0, 0.1) is 56.3 Å². The van der Waals surface area contributed by atoms with Gasteiger partial charge >= 0.3 is 18.5 Å². The van der Waals surface area contributed by atoms with E-state index in [4.69, 9.17) is 10.5 Å². The molecule has 3 aromatic heterocycles. The molecule has 0 radical (unpaired) electrons. The molecule has 14 rings (SSSR count). The molecule has 3 saturated heterocycles. The van der Waals surface area contributed by atoms with Crippen LogP contribution < -0.4 is 37.1 Å². The van der Waals surface area contributed by atoms with E-state index in [0.717, 1.165) is 77.4 Å². The third-order valence-electron chi connectivity index (χ3n) is 20.5. The highest BCUT2D eigenvalue weighted by atomic mass is 31.2. The lowest BCUT2D eigenvalue weighted by Crippen LogP contribution is -2.46. The number of nitrogens with one attached hydrogen (secondary N) is 5. The van der Waals surface area contributed by atoms with Gasteiger partial charge in [0.25, 0.3) is 23.6 Å². The summed E-state index contributed by atoms with van der Waals surface area (Å²) in [7, 11) is -0.222. The highest BCUT2D eigenvalue weighted by Gasteiger charge is 2.38. The van der Waals surface area contributed by atoms with Gasteiger partial charge in [0.15, 0.2) is 18.2 Å². The Bertz CT molecular complexity index is 5770. The Hall–Kier alpha value is -12.2. The zero-order valence-corrected chi connectivity index (χ0v) is 68.1. The number of amides is 4. The molecule has 0 unspecified atom stereocenters. The van der Waals surface area contributed by atoms with E-state index >= 15 is 0 Å². The summed E-state index contributed by atoms with van der Waals surface area (Å²) in [4.78, 5) is 73.0. The molecule has 626 valence electrons. The molecule has 0 bridgehead atoms. The van der Waals surface area contributed by atoms with E-state index in [0.29, 0.717) is 115 Å². The van der Waals surface area contributed by atoms with Gasteiger partial charge in [0.05, 0.1) is 35.7 Å². The predicted octanol–water partition coefficient (Wildman–Crippen LogP) is 15.1. The molecule has 4 aliphatic heterocycles. The number of carbonyl (C=O) groups is 4. The third-order valence-corrected chi connectivity index (χ3v) is 21.6. The number of fused-ring (bicyclic) bond motifs is 2. The number of carbonyl (C=O) groups excluding carboxylic acids is 4. The van der Waals surface area contributed by atoms with Crippen molar-refractivity contribution in [2.45, 2.75) is 58.9 Å². The Balaban J connectivity index is 0.000000167. The third kappa shape index (κ3) is 24.5. The van der Waals surface area contributed by atoms with Gasteiger partial charge in [-0.3, -0.25) is 48.7 Å². The number of likely N-dealkylation sites (N-methyl/N-ethyl adjacent to an activating group) is 1. The summed E-state index contributed by atoms with van der Waals surface area (Å²) in [5.41, 5.74) is 12.3. The van der Waals surface area contributed by atoms with E-state index in [1.54, 1.807) is 111 Å². The molecule has 0 aliphatic carbocycles. The average Bonchev–Trinajstić information content (AvgIpc) is 0.582. The molecular weight excluding hydrogens is 1590 g/mol. The first kappa shape index (κ1) is 88.1. The van der Waals surface area contributed by atoms with Gasteiger partial charge in [0, 0.05) is 213 Å². The number of ether oxygens (including phenoxy) is 1. The number of hydrogen-bond donors (Lipinski definition) is 6. The van der Waals surface area contributed by atoms with Gasteiger partial charge in [-0.15, -0.1) is 0 Å². The average molecular weight is 1680 g/mol. The van der Waals surface area contributed by atoms with Gasteiger partial charge in [-0.25, -0.2) is 4.98 Å². The molecule has 30 heteroatoms. The van der Waals surface area contributed by atoms with Crippen LogP contribution in [-0.2, 0) is 47.5 Å². The molecule has 7 aromatic carbocycles. The highest BCUT2D eigenvalue weighted by Crippen LogP contribution is 2.40. The van der Waals surface area contributed by atoms with Crippen molar-refractivity contribution in [3.05, 3.63) is 277 Å². The number of rotatable bonds is 14. The fourth-order valence-corrected chi connectivity index (χ4v) is 15.1. The van der Waals surface area contributed by atoms with E-state index in [1.165, 1.54) is 42.6 Å². The summed E-state index contributed by atoms with van der Waals surface area (Å²) >= 11 is 0. The SMILES string of the molecule is Cc1ccc(C(=O)Nc2ccc(CN3CCN(CP(C)(C)=O)CC3)c(C(F)(F)F)c2)cc1C#Cc1cnc2c(c1)OCC(=O)N2.Cc1ccc(C(=O)Nc2ccc(CN3CCNCC3)c(C(F)(F)F)c2)cc1C#Cc1cccnc1.Cc1ccc(NC(=O)c2ccc(CN3CCN(C)CC3)c(C(F)(F)F)c2)cc1C#Cc1cncc2c(N)cccc12. The first-order valence-corrected chi connectivity index (χ1v) is 41.6. The number of hydrogen-bond acceptors (Lipinski definition) is 16. The number of aromatic nitrogens is 3. The van der Waals surface area contributed by atoms with Crippen molar-refractivity contribution in [3.8, 4) is 41.3 Å². The molecule has 4 aliphatic rings. The number of nitrogen functional groups attached to an aromatic ring is 1.